The normalized spacial score (nSPS) is 27.3. The van der Waals surface area contributed by atoms with Gasteiger partial charge in [-0.1, -0.05) is 42.8 Å². The van der Waals surface area contributed by atoms with Crippen LogP contribution >= 0.6 is 0 Å². The molecule has 4 aliphatic rings. The van der Waals surface area contributed by atoms with Gasteiger partial charge in [0.15, 0.2) is 11.4 Å². The number of rotatable bonds is 2. The number of aromatic hydroxyl groups is 1. The first-order chi connectivity index (χ1) is 17.0. The van der Waals surface area contributed by atoms with E-state index in [2.05, 4.69) is 5.32 Å². The van der Waals surface area contributed by atoms with E-state index in [0.29, 0.717) is 17.7 Å². The molecular formula is C29H25NO6. The van der Waals surface area contributed by atoms with Crippen LogP contribution in [0.3, 0.4) is 0 Å². The fraction of sp³-hybridized carbons (Fsp3) is 0.276. The van der Waals surface area contributed by atoms with Crippen LogP contribution in [0.1, 0.15) is 54.0 Å². The Bertz CT molecular complexity index is 1500. The minimum absolute atomic E-state index is 0.0200. The number of hydrogen-bond acceptors (Lipinski definition) is 6. The number of Topliss-reactive ketones (excluding diaryl/α,β-unsaturated/α-hetero) is 1. The van der Waals surface area contributed by atoms with Crippen molar-refractivity contribution in [2.24, 2.45) is 10.8 Å². The largest absolute Gasteiger partial charge is 0.507 e. The van der Waals surface area contributed by atoms with Crippen molar-refractivity contribution < 1.29 is 29.0 Å². The van der Waals surface area contributed by atoms with Gasteiger partial charge in [-0.3, -0.25) is 19.7 Å². The predicted octanol–water partition coefficient (Wildman–Crippen LogP) is 4.41. The molecule has 2 atom stereocenters. The number of ketones is 1. The standard InChI is InChI=1S/C29H25NO6/c1-15-10-11-20-27(2,3)24(32)19(35-17-8-6-5-7-9-17)14-29(20)28(15,4)13-16-12-18(31)21-22(23(16)36-29)26(34)30-25(21)33/h5-12,14,31H,13H2,1-4H3,(H,30,33,34). The number of imide groups is 1. The lowest BCUT2D eigenvalue weighted by molar-refractivity contribution is -0.127. The summed E-state index contributed by atoms with van der Waals surface area (Å²) < 4.78 is 13.0. The van der Waals surface area contributed by atoms with Crippen LogP contribution in [0.5, 0.6) is 17.2 Å². The van der Waals surface area contributed by atoms with Gasteiger partial charge in [-0.05, 0) is 56.5 Å². The zero-order valence-electron chi connectivity index (χ0n) is 20.4. The van der Waals surface area contributed by atoms with Gasteiger partial charge in [0.25, 0.3) is 11.8 Å². The Morgan fingerprint density at radius 1 is 1.00 bits per heavy atom. The molecule has 36 heavy (non-hydrogen) atoms. The number of carbonyl (C=O) groups excluding carboxylic acids is 3. The SMILES string of the molecule is CC1=CC=C2C(C)(C)C(=O)C(Oc3ccccc3)=CC23Oc2c(cc(O)c4c2C(=O)NC4=O)CC13C. The molecule has 2 aromatic carbocycles. The van der Waals surface area contributed by atoms with E-state index in [9.17, 15) is 19.5 Å². The van der Waals surface area contributed by atoms with Gasteiger partial charge >= 0.3 is 0 Å². The lowest BCUT2D eigenvalue weighted by Crippen LogP contribution is -2.62. The third-order valence-electron chi connectivity index (χ3n) is 8.18. The highest BCUT2D eigenvalue weighted by Gasteiger charge is 2.64. The maximum atomic E-state index is 13.7. The van der Waals surface area contributed by atoms with Crippen molar-refractivity contribution in [3.8, 4) is 17.2 Å². The molecular weight excluding hydrogens is 458 g/mol. The Hall–Kier alpha value is -4.13. The van der Waals surface area contributed by atoms with Gasteiger partial charge in [-0.15, -0.1) is 0 Å². The first-order valence-electron chi connectivity index (χ1n) is 11.8. The van der Waals surface area contributed by atoms with Crippen molar-refractivity contribution in [3.05, 3.63) is 88.2 Å². The molecule has 2 amide bonds. The van der Waals surface area contributed by atoms with Gasteiger partial charge < -0.3 is 14.6 Å². The summed E-state index contributed by atoms with van der Waals surface area (Å²) in [5, 5.41) is 12.9. The lowest BCUT2D eigenvalue weighted by atomic mass is 9.52. The van der Waals surface area contributed by atoms with Crippen molar-refractivity contribution in [2.75, 3.05) is 0 Å². The molecule has 1 spiro atoms. The molecule has 7 heteroatoms. The number of amides is 2. The molecule has 2 aromatic rings. The molecule has 7 nitrogen and oxygen atoms in total. The van der Waals surface area contributed by atoms with Gasteiger partial charge in [0, 0.05) is 11.5 Å². The summed E-state index contributed by atoms with van der Waals surface area (Å²) in [6.45, 7) is 7.74. The number of phenolic OH excluding ortho intramolecular Hbond substituents is 1. The third kappa shape index (κ3) is 2.65. The van der Waals surface area contributed by atoms with Crippen LogP contribution in [0.15, 0.2) is 71.5 Å². The molecule has 0 radical (unpaired) electrons. The number of benzene rings is 2. The molecule has 2 aliphatic heterocycles. The summed E-state index contributed by atoms with van der Waals surface area (Å²) in [5.41, 5.74) is -0.526. The third-order valence-corrected chi connectivity index (χ3v) is 8.18. The van der Waals surface area contributed by atoms with Crippen LogP contribution in [-0.2, 0) is 11.2 Å². The smallest absolute Gasteiger partial charge is 0.262 e. The Kier molecular flexibility index (Phi) is 4.32. The zero-order chi connectivity index (χ0) is 25.6. The van der Waals surface area contributed by atoms with Gasteiger partial charge in [0.1, 0.15) is 17.2 Å². The average Bonchev–Trinajstić information content (AvgIpc) is 3.13. The zero-order valence-corrected chi connectivity index (χ0v) is 20.4. The Balaban J connectivity index is 1.63. The van der Waals surface area contributed by atoms with Gasteiger partial charge in [0.05, 0.1) is 16.5 Å². The van der Waals surface area contributed by atoms with Crippen LogP contribution in [0.2, 0.25) is 0 Å². The summed E-state index contributed by atoms with van der Waals surface area (Å²) in [6, 6.07) is 10.6. The lowest BCUT2D eigenvalue weighted by Gasteiger charge is -2.58. The molecule has 2 heterocycles. The van der Waals surface area contributed by atoms with Crippen molar-refractivity contribution in [2.45, 2.75) is 39.7 Å². The molecule has 2 aliphatic carbocycles. The monoisotopic (exact) mass is 483 g/mol. The molecule has 0 saturated carbocycles. The summed E-state index contributed by atoms with van der Waals surface area (Å²) in [5.74, 6) is -0.806. The van der Waals surface area contributed by atoms with Gasteiger partial charge in [-0.25, -0.2) is 0 Å². The van der Waals surface area contributed by atoms with Crippen LogP contribution < -0.4 is 14.8 Å². The number of fused-ring (bicyclic) bond motifs is 3. The molecule has 0 bridgehead atoms. The van der Waals surface area contributed by atoms with E-state index in [1.54, 1.807) is 18.2 Å². The molecule has 182 valence electrons. The molecule has 0 aromatic heterocycles. The van der Waals surface area contributed by atoms with E-state index in [4.69, 9.17) is 9.47 Å². The minimum Gasteiger partial charge on any atom is -0.507 e. The topological polar surface area (TPSA) is 102 Å². The number of phenols is 1. The Labute approximate surface area is 208 Å². The van der Waals surface area contributed by atoms with Crippen molar-refractivity contribution in [1.82, 2.24) is 5.32 Å². The number of carbonyl (C=O) groups is 3. The summed E-state index contributed by atoms with van der Waals surface area (Å²) in [7, 11) is 0. The second kappa shape index (κ2) is 6.97. The fourth-order valence-electron chi connectivity index (χ4n) is 6.02. The van der Waals surface area contributed by atoms with Crippen molar-refractivity contribution >= 4 is 17.6 Å². The molecule has 0 saturated heterocycles. The van der Waals surface area contributed by atoms with Crippen LogP contribution in [0.25, 0.3) is 0 Å². The number of nitrogens with one attached hydrogen (secondary N) is 1. The number of hydrogen-bond donors (Lipinski definition) is 2. The second-order valence-corrected chi connectivity index (χ2v) is 10.6. The summed E-state index contributed by atoms with van der Waals surface area (Å²) in [4.78, 5) is 38.9. The maximum Gasteiger partial charge on any atom is 0.262 e. The Morgan fingerprint density at radius 2 is 1.69 bits per heavy atom. The van der Waals surface area contributed by atoms with E-state index in [-0.39, 0.29) is 34.2 Å². The van der Waals surface area contributed by atoms with E-state index in [0.717, 1.165) is 11.1 Å². The molecule has 2 N–H and O–H groups in total. The predicted molar refractivity (Wildman–Crippen MR) is 131 cm³/mol. The maximum absolute atomic E-state index is 13.7. The van der Waals surface area contributed by atoms with Crippen LogP contribution in [-0.4, -0.2) is 28.3 Å². The number of para-hydroxylation sites is 1. The average molecular weight is 484 g/mol. The molecule has 0 fully saturated rings. The van der Waals surface area contributed by atoms with E-state index < -0.39 is 28.2 Å². The molecule has 2 unspecified atom stereocenters. The first-order valence-corrected chi connectivity index (χ1v) is 11.8. The van der Waals surface area contributed by atoms with Gasteiger partial charge in [0.2, 0.25) is 5.78 Å². The first kappa shape index (κ1) is 22.3. The summed E-state index contributed by atoms with van der Waals surface area (Å²) in [6.07, 6.45) is 6.05. The highest BCUT2D eigenvalue weighted by molar-refractivity contribution is 6.24. The second-order valence-electron chi connectivity index (χ2n) is 10.6. The van der Waals surface area contributed by atoms with Crippen LogP contribution in [0, 0.1) is 10.8 Å². The van der Waals surface area contributed by atoms with E-state index >= 15 is 0 Å². The van der Waals surface area contributed by atoms with E-state index in [1.165, 1.54) is 6.07 Å². The number of allylic oxidation sites excluding steroid dienone is 3. The highest BCUT2D eigenvalue weighted by atomic mass is 16.5. The van der Waals surface area contributed by atoms with Crippen molar-refractivity contribution in [3.63, 3.8) is 0 Å². The minimum atomic E-state index is -1.17. The van der Waals surface area contributed by atoms with Crippen molar-refractivity contribution in [1.29, 1.82) is 0 Å². The van der Waals surface area contributed by atoms with Gasteiger partial charge in [-0.2, -0.15) is 0 Å². The number of ether oxygens (including phenoxy) is 2. The summed E-state index contributed by atoms with van der Waals surface area (Å²) >= 11 is 0. The molecule has 6 rings (SSSR count). The Morgan fingerprint density at radius 3 is 2.42 bits per heavy atom. The fourth-order valence-corrected chi connectivity index (χ4v) is 6.02. The van der Waals surface area contributed by atoms with Crippen LogP contribution in [0.4, 0.5) is 0 Å². The highest BCUT2D eigenvalue weighted by Crippen LogP contribution is 2.62. The quantitative estimate of drug-likeness (QED) is 0.614. The van der Waals surface area contributed by atoms with E-state index in [1.807, 2.05) is 58.0 Å².